The number of aliphatic hydroxyl groups is 1. The molecule has 5 N–H and O–H groups in total. The third-order valence-electron chi connectivity index (χ3n) is 7.36. The highest BCUT2D eigenvalue weighted by Gasteiger charge is 2.47. The average Bonchev–Trinajstić information content (AvgIpc) is 3.37. The minimum absolute atomic E-state index is 0.0845. The number of nitrogens with zero attached hydrogens (tertiary/aromatic N) is 3. The molecule has 2 heterocycles. The van der Waals surface area contributed by atoms with Crippen LogP contribution in [0.2, 0.25) is 0 Å². The largest absolute Gasteiger partial charge is 0.494 e. The molecule has 1 fully saturated rings. The Morgan fingerprint density at radius 1 is 1.16 bits per heavy atom. The number of amides is 3. The quantitative estimate of drug-likeness (QED) is 0.177. The van der Waals surface area contributed by atoms with E-state index in [9.17, 15) is 33.1 Å². The Morgan fingerprint density at radius 3 is 2.71 bits per heavy atom. The molecule has 2 atom stereocenters. The number of aliphatic hydroxyl groups excluding tert-OH is 1. The summed E-state index contributed by atoms with van der Waals surface area (Å²) in [6.45, 7) is 1.87. The van der Waals surface area contributed by atoms with Gasteiger partial charge >= 0.3 is 0 Å². The van der Waals surface area contributed by atoms with E-state index in [2.05, 4.69) is 26.3 Å². The van der Waals surface area contributed by atoms with Crippen LogP contribution in [0.4, 0.5) is 8.78 Å². The molecule has 13 nitrogen and oxygen atoms in total. The van der Waals surface area contributed by atoms with Gasteiger partial charge in [0.15, 0.2) is 6.10 Å². The van der Waals surface area contributed by atoms with Crippen molar-refractivity contribution in [2.24, 2.45) is 0 Å². The Labute approximate surface area is 258 Å². The molecule has 0 radical (unpaired) electrons. The molecule has 45 heavy (non-hydrogen) atoms. The molecule has 0 saturated carbocycles. The molecule has 240 valence electrons. The Bertz CT molecular complexity index is 1530. The number of carbonyl (C=O) groups excluding carboxylic acids is 4. The molecule has 15 heteroatoms. The molecule has 1 aliphatic carbocycles. The van der Waals surface area contributed by atoms with Gasteiger partial charge in [-0.05, 0) is 37.1 Å². The monoisotopic (exact) mass is 627 g/mol. The van der Waals surface area contributed by atoms with Crippen molar-refractivity contribution in [3.05, 3.63) is 47.4 Å². The van der Waals surface area contributed by atoms with Crippen molar-refractivity contribution in [2.45, 2.75) is 50.7 Å². The van der Waals surface area contributed by atoms with Crippen molar-refractivity contribution >= 4 is 34.4 Å². The number of nitrogens with one attached hydrogen (secondary N) is 4. The Balaban J connectivity index is 1.24. The highest BCUT2D eigenvalue weighted by Crippen LogP contribution is 2.31. The molecule has 0 spiro atoms. The summed E-state index contributed by atoms with van der Waals surface area (Å²) < 4.78 is 33.2. The van der Waals surface area contributed by atoms with Crippen molar-refractivity contribution in [3.8, 4) is 11.8 Å². The summed E-state index contributed by atoms with van der Waals surface area (Å²) in [4.78, 5) is 53.8. The minimum atomic E-state index is -3.15. The smallest absolute Gasteiger partial charge is 0.268 e. The summed E-state index contributed by atoms with van der Waals surface area (Å²) in [5.74, 6) is -4.54. The SMILES string of the molecule is CCC(=O)NCCNC1=C(NCCCCOc2ccc3nccc(C(=O)NCC(=O)N4CC(F)(F)C[C@H]4C#N)c3c2)C(=O)C1O. The molecule has 1 aromatic heterocycles. The van der Waals surface area contributed by atoms with Gasteiger partial charge in [-0.25, -0.2) is 8.78 Å². The van der Waals surface area contributed by atoms with Gasteiger partial charge in [0.05, 0.1) is 42.5 Å². The van der Waals surface area contributed by atoms with Crippen LogP contribution in [0.5, 0.6) is 5.75 Å². The molecule has 1 aliphatic heterocycles. The number of hydrogen-bond donors (Lipinski definition) is 5. The van der Waals surface area contributed by atoms with Crippen LogP contribution in [-0.4, -0.2) is 95.9 Å². The third-order valence-corrected chi connectivity index (χ3v) is 7.36. The van der Waals surface area contributed by atoms with E-state index >= 15 is 0 Å². The number of Topliss-reactive ketones (excluding diaryl/α,β-unsaturated/α-hetero) is 1. The first-order chi connectivity index (χ1) is 21.5. The fraction of sp³-hybridized carbons (Fsp3) is 0.467. The van der Waals surface area contributed by atoms with Gasteiger partial charge in [-0.2, -0.15) is 5.26 Å². The maximum absolute atomic E-state index is 13.7. The molecule has 1 unspecified atom stereocenters. The van der Waals surface area contributed by atoms with Crippen LogP contribution in [0.15, 0.2) is 41.9 Å². The summed E-state index contributed by atoms with van der Waals surface area (Å²) in [6, 6.07) is 6.95. The number of ether oxygens (including phenoxy) is 1. The molecule has 4 rings (SSSR count). The number of rotatable bonds is 15. The topological polar surface area (TPSA) is 186 Å². The van der Waals surface area contributed by atoms with E-state index < -0.39 is 55.2 Å². The van der Waals surface area contributed by atoms with Gasteiger partial charge in [-0.15, -0.1) is 0 Å². The highest BCUT2D eigenvalue weighted by molar-refractivity contribution is 6.08. The third kappa shape index (κ3) is 8.21. The zero-order valence-electron chi connectivity index (χ0n) is 24.7. The lowest BCUT2D eigenvalue weighted by molar-refractivity contribution is -0.131. The number of carbonyl (C=O) groups is 4. The first-order valence-corrected chi connectivity index (χ1v) is 14.6. The fourth-order valence-corrected chi connectivity index (χ4v) is 4.94. The number of nitriles is 1. The summed E-state index contributed by atoms with van der Waals surface area (Å²) in [5, 5.41) is 30.7. The van der Waals surface area contributed by atoms with Gasteiger partial charge in [0.2, 0.25) is 17.6 Å². The van der Waals surface area contributed by atoms with E-state index in [0.717, 1.165) is 4.90 Å². The number of pyridine rings is 1. The van der Waals surface area contributed by atoms with E-state index in [-0.39, 0.29) is 11.5 Å². The molecular formula is C30H35F2N7O6. The minimum Gasteiger partial charge on any atom is -0.494 e. The molecule has 1 saturated heterocycles. The standard InChI is InChI=1S/C30H35F2N7O6/c1-2-23(40)35-10-11-37-26-25(27(42)28(26)43)36-8-3-4-12-45-19-5-6-22-21(13-19)20(7-9-34-22)29(44)38-16-24(41)39-17-30(31,32)14-18(39)15-33/h5-7,9,13,18,28,36-37,43H,2-4,8,10-12,14,16-17H2,1H3,(H,35,40)(H,38,44)/t18-,28?/m0/s1. The van der Waals surface area contributed by atoms with E-state index in [1.165, 1.54) is 12.3 Å². The van der Waals surface area contributed by atoms with Gasteiger partial charge in [-0.1, -0.05) is 6.92 Å². The van der Waals surface area contributed by atoms with Gasteiger partial charge in [0, 0.05) is 44.1 Å². The van der Waals surface area contributed by atoms with Crippen molar-refractivity contribution in [2.75, 3.05) is 39.3 Å². The van der Waals surface area contributed by atoms with Crippen LogP contribution in [0.1, 0.15) is 43.0 Å². The number of fused-ring (bicyclic) bond motifs is 1. The van der Waals surface area contributed by atoms with E-state index in [4.69, 9.17) is 10.00 Å². The number of halogens is 2. The summed E-state index contributed by atoms with van der Waals surface area (Å²) >= 11 is 0. The molecule has 2 aliphatic rings. The Kier molecular flexibility index (Phi) is 10.8. The van der Waals surface area contributed by atoms with Crippen LogP contribution in [0.25, 0.3) is 10.9 Å². The maximum Gasteiger partial charge on any atom is 0.268 e. The van der Waals surface area contributed by atoms with Gasteiger partial charge < -0.3 is 36.0 Å². The molecule has 1 aromatic carbocycles. The lowest BCUT2D eigenvalue weighted by Crippen LogP contribution is -2.49. The zero-order valence-corrected chi connectivity index (χ0v) is 24.7. The summed E-state index contributed by atoms with van der Waals surface area (Å²) in [7, 11) is 0. The first kappa shape index (κ1) is 33.1. The summed E-state index contributed by atoms with van der Waals surface area (Å²) in [5.41, 5.74) is 1.44. The number of benzene rings is 1. The molecular weight excluding hydrogens is 592 g/mol. The van der Waals surface area contributed by atoms with Crippen molar-refractivity contribution in [3.63, 3.8) is 0 Å². The van der Waals surface area contributed by atoms with Gasteiger partial charge in [-0.3, -0.25) is 24.2 Å². The fourth-order valence-electron chi connectivity index (χ4n) is 4.94. The second-order valence-corrected chi connectivity index (χ2v) is 10.6. The van der Waals surface area contributed by atoms with E-state index in [0.29, 0.717) is 73.6 Å². The normalized spacial score (nSPS) is 18.6. The Hall–Kier alpha value is -4.84. The van der Waals surface area contributed by atoms with Crippen LogP contribution >= 0.6 is 0 Å². The number of hydrogen-bond acceptors (Lipinski definition) is 10. The second kappa shape index (κ2) is 14.8. The molecule has 0 bridgehead atoms. The maximum atomic E-state index is 13.7. The first-order valence-electron chi connectivity index (χ1n) is 14.6. The number of aromatic nitrogens is 1. The van der Waals surface area contributed by atoms with Crippen LogP contribution in [0, 0.1) is 11.3 Å². The summed E-state index contributed by atoms with van der Waals surface area (Å²) in [6.07, 6.45) is 1.15. The van der Waals surface area contributed by atoms with Crippen LogP contribution in [-0.2, 0) is 14.4 Å². The van der Waals surface area contributed by atoms with Crippen molar-refractivity contribution in [1.29, 1.82) is 5.26 Å². The predicted octanol–water partition coefficient (Wildman–Crippen LogP) is 0.744. The zero-order chi connectivity index (χ0) is 32.6. The number of ketones is 1. The number of unbranched alkanes of at least 4 members (excludes halogenated alkanes) is 1. The number of likely N-dealkylation sites (tertiary alicyclic amines) is 1. The second-order valence-electron chi connectivity index (χ2n) is 10.6. The average molecular weight is 628 g/mol. The lowest BCUT2D eigenvalue weighted by Gasteiger charge is -2.29. The van der Waals surface area contributed by atoms with Crippen LogP contribution in [0.3, 0.4) is 0 Å². The van der Waals surface area contributed by atoms with E-state index in [1.54, 1.807) is 31.2 Å². The Morgan fingerprint density at radius 2 is 1.96 bits per heavy atom. The van der Waals surface area contributed by atoms with E-state index in [1.807, 2.05) is 0 Å². The number of alkyl halides is 2. The predicted molar refractivity (Wildman–Crippen MR) is 157 cm³/mol. The van der Waals surface area contributed by atoms with Gasteiger partial charge in [0.25, 0.3) is 11.8 Å². The van der Waals surface area contributed by atoms with Crippen molar-refractivity contribution < 1.29 is 37.8 Å². The lowest BCUT2D eigenvalue weighted by atomic mass is 9.95. The highest BCUT2D eigenvalue weighted by atomic mass is 19.3. The van der Waals surface area contributed by atoms with Crippen LogP contribution < -0.4 is 26.0 Å². The molecule has 3 amide bonds. The van der Waals surface area contributed by atoms with Gasteiger partial charge in [0.1, 0.15) is 17.5 Å². The molecule has 2 aromatic rings. The van der Waals surface area contributed by atoms with Crippen molar-refractivity contribution in [1.82, 2.24) is 31.2 Å².